The summed E-state index contributed by atoms with van der Waals surface area (Å²) in [5.41, 5.74) is 0. The van der Waals surface area contributed by atoms with Gasteiger partial charge in [-0.1, -0.05) is 22.3 Å². The summed E-state index contributed by atoms with van der Waals surface area (Å²) in [6.45, 7) is 3.58. The van der Waals surface area contributed by atoms with Gasteiger partial charge in [-0.25, -0.2) is 0 Å². The van der Waals surface area contributed by atoms with Crippen LogP contribution in [0.4, 0.5) is 0 Å². The van der Waals surface area contributed by atoms with Crippen LogP contribution in [0.15, 0.2) is 0 Å². The van der Waals surface area contributed by atoms with Gasteiger partial charge in [0.25, 0.3) is 0 Å². The first kappa shape index (κ1) is 19.4. The standard InChI is InChI=1S/2C5H8O2.C3H6O.3CH4/c2*1-4(6)3-5(2)7;1-3(2)4;;;/h2*3H2,1-2H3;1-2H3;3*1H4/i3D2;;1D3;;;. The summed E-state index contributed by atoms with van der Waals surface area (Å²) >= 11 is 0. The van der Waals surface area contributed by atoms with Gasteiger partial charge in [0.05, 0.1) is 12.8 Å². The lowest BCUT2D eigenvalue weighted by atomic mass is 10.2. The number of Topliss-reactive ketones (excluding diaryl/α,β-unsaturated/α-hetero) is 5. The van der Waals surface area contributed by atoms with E-state index in [9.17, 15) is 24.0 Å². The number of hydrogen-bond acceptors (Lipinski definition) is 5. The van der Waals surface area contributed by atoms with E-state index >= 15 is 0 Å². The van der Waals surface area contributed by atoms with E-state index in [-0.39, 0.29) is 40.3 Å². The summed E-state index contributed by atoms with van der Waals surface area (Å²) in [6.07, 6.45) is -2.19. The number of rotatable bonds is 4. The Balaban J connectivity index is -0.0000000551. The van der Waals surface area contributed by atoms with E-state index in [0.29, 0.717) is 0 Å². The fourth-order valence-electron chi connectivity index (χ4n) is 0.598. The minimum Gasteiger partial charge on any atom is -0.300 e. The van der Waals surface area contributed by atoms with E-state index in [1.54, 1.807) is 0 Å². The third-order valence-electron chi connectivity index (χ3n) is 0.850. The van der Waals surface area contributed by atoms with Crippen LogP contribution in [0.5, 0.6) is 0 Å². The molecule has 0 atom stereocenters. The molecule has 0 N–H and O–H groups in total. The zero-order chi connectivity index (χ0) is 19.6. The van der Waals surface area contributed by atoms with E-state index in [0.717, 1.165) is 20.8 Å². The highest BCUT2D eigenvalue weighted by molar-refractivity contribution is 5.97. The third-order valence-corrected chi connectivity index (χ3v) is 0.850. The van der Waals surface area contributed by atoms with E-state index in [4.69, 9.17) is 6.85 Å². The molecule has 21 heavy (non-hydrogen) atoms. The molecule has 0 unspecified atom stereocenters. The van der Waals surface area contributed by atoms with E-state index in [1.807, 2.05) is 0 Å². The number of carbonyl (C=O) groups is 5. The molecule has 5 nitrogen and oxygen atoms in total. The van der Waals surface area contributed by atoms with Crippen molar-refractivity contribution in [1.82, 2.24) is 0 Å². The maximum absolute atomic E-state index is 10.3. The molecule has 0 rings (SSSR count). The highest BCUT2D eigenvalue weighted by Gasteiger charge is 1.95. The second-order valence-corrected chi connectivity index (χ2v) is 3.37. The van der Waals surface area contributed by atoms with Crippen molar-refractivity contribution in [3.05, 3.63) is 0 Å². The molecule has 0 aromatic heterocycles. The third kappa shape index (κ3) is 122. The minimum atomic E-state index is -2.39. The van der Waals surface area contributed by atoms with Gasteiger partial charge in [-0.05, 0) is 41.5 Å². The fourth-order valence-corrected chi connectivity index (χ4v) is 0.598. The van der Waals surface area contributed by atoms with Crippen molar-refractivity contribution < 1.29 is 30.8 Å². The van der Waals surface area contributed by atoms with Crippen LogP contribution in [-0.4, -0.2) is 28.9 Å². The topological polar surface area (TPSA) is 85.3 Å². The molecule has 0 spiro atoms. The molecule has 0 bridgehead atoms. The SMILES string of the molecule is C.C.C.CC(=O)CC(C)=O.[2H]C([2H])(C(C)=O)C(C)=O.[2H]C([2H])([2H])C(C)=O. The lowest BCUT2D eigenvalue weighted by Gasteiger charge is -1.81. The largest absolute Gasteiger partial charge is 0.300 e. The molecule has 0 saturated heterocycles. The van der Waals surface area contributed by atoms with Crippen LogP contribution in [0.3, 0.4) is 0 Å². The van der Waals surface area contributed by atoms with Gasteiger partial charge in [-0.15, -0.1) is 0 Å². The molecule has 128 valence electrons. The zero-order valence-corrected chi connectivity index (χ0v) is 11.2. The van der Waals surface area contributed by atoms with Crippen LogP contribution in [0, 0.1) is 0 Å². The smallest absolute Gasteiger partial charge is 0.137 e. The Bertz CT molecular complexity index is 440. The van der Waals surface area contributed by atoms with Gasteiger partial charge in [0.1, 0.15) is 28.9 Å². The van der Waals surface area contributed by atoms with Crippen LogP contribution in [-0.2, 0) is 24.0 Å². The van der Waals surface area contributed by atoms with Crippen LogP contribution in [0.2, 0.25) is 0 Å². The monoisotopic (exact) mass is 311 g/mol. The molecular weight excluding hydrogens is 272 g/mol. The van der Waals surface area contributed by atoms with Gasteiger partial charge in [0, 0.05) is 6.85 Å². The second-order valence-electron chi connectivity index (χ2n) is 3.37. The Morgan fingerprint density at radius 1 is 0.714 bits per heavy atom. The van der Waals surface area contributed by atoms with Gasteiger partial charge in [-0.2, -0.15) is 0 Å². The second kappa shape index (κ2) is 23.4. The predicted octanol–water partition coefficient (Wildman–Crippen LogP) is 3.61. The highest BCUT2D eigenvalue weighted by atomic mass is 16.2. The quantitative estimate of drug-likeness (QED) is 0.740. The molecule has 5 heteroatoms. The molecule has 0 aliphatic carbocycles. The summed E-state index contributed by atoms with van der Waals surface area (Å²) in [5, 5.41) is 0. The van der Waals surface area contributed by atoms with Crippen molar-refractivity contribution in [3.63, 3.8) is 0 Å². The van der Waals surface area contributed by atoms with Crippen molar-refractivity contribution >= 4 is 28.9 Å². The van der Waals surface area contributed by atoms with Crippen molar-refractivity contribution in [2.75, 3.05) is 0 Å². The summed E-state index contributed by atoms with van der Waals surface area (Å²) in [7, 11) is 0. The van der Waals surface area contributed by atoms with Crippen LogP contribution in [0.1, 0.15) is 83.4 Å². The summed E-state index contributed by atoms with van der Waals surface area (Å²) < 4.78 is 32.7. The number of hydrogen-bond donors (Lipinski definition) is 0. The fraction of sp³-hybridized carbons (Fsp3) is 0.688. The van der Waals surface area contributed by atoms with Gasteiger partial charge in [-0.3, -0.25) is 19.2 Å². The zero-order valence-electron chi connectivity index (χ0n) is 16.2. The maximum atomic E-state index is 10.3. The van der Waals surface area contributed by atoms with Gasteiger partial charge in [0.15, 0.2) is 0 Å². The first-order valence-corrected chi connectivity index (χ1v) is 4.98. The number of ketones is 5. The Labute approximate surface area is 137 Å². The summed E-state index contributed by atoms with van der Waals surface area (Å²) in [4.78, 5) is 50.6. The maximum Gasteiger partial charge on any atom is 0.137 e. The van der Waals surface area contributed by atoms with Crippen LogP contribution < -0.4 is 0 Å². The Morgan fingerprint density at radius 3 is 0.952 bits per heavy atom. The van der Waals surface area contributed by atoms with Gasteiger partial charge < -0.3 is 4.79 Å². The average molecular weight is 311 g/mol. The Morgan fingerprint density at radius 2 is 0.952 bits per heavy atom. The lowest BCUT2D eigenvalue weighted by molar-refractivity contribution is -0.126. The number of carbonyl (C=O) groups excluding carboxylic acids is 5. The average Bonchev–Trinajstić information content (AvgIpc) is 2.26. The molecule has 0 aliphatic rings. The molecule has 0 heterocycles. The Hall–Kier alpha value is -1.65. The predicted molar refractivity (Wildman–Crippen MR) is 88.5 cm³/mol. The van der Waals surface area contributed by atoms with Crippen LogP contribution >= 0.6 is 0 Å². The molecule has 0 aromatic rings. The van der Waals surface area contributed by atoms with E-state index in [2.05, 4.69) is 0 Å². The molecule has 0 saturated carbocycles. The van der Waals surface area contributed by atoms with E-state index in [1.165, 1.54) is 13.8 Å². The molecule has 0 aliphatic heterocycles. The molecule has 0 aromatic carbocycles. The van der Waals surface area contributed by atoms with Crippen molar-refractivity contribution in [3.8, 4) is 0 Å². The first-order valence-electron chi connectivity index (χ1n) is 7.48. The highest BCUT2D eigenvalue weighted by Crippen LogP contribution is 1.80. The molecule has 0 amide bonds. The summed E-state index contributed by atoms with van der Waals surface area (Å²) in [5.74, 6) is -2.36. The normalized spacial score (nSPS) is 11.6. The lowest BCUT2D eigenvalue weighted by Crippen LogP contribution is -1.97. The van der Waals surface area contributed by atoms with Crippen molar-refractivity contribution in [2.24, 2.45) is 0 Å². The van der Waals surface area contributed by atoms with Gasteiger partial charge in [0.2, 0.25) is 0 Å². The Kier molecular flexibility index (Phi) is 21.6. The molecule has 0 fully saturated rings. The van der Waals surface area contributed by atoms with Crippen molar-refractivity contribution in [2.45, 2.75) is 76.5 Å². The van der Waals surface area contributed by atoms with Crippen molar-refractivity contribution in [1.29, 1.82) is 0 Å². The van der Waals surface area contributed by atoms with Gasteiger partial charge >= 0.3 is 0 Å². The summed E-state index contributed by atoms with van der Waals surface area (Å²) in [6, 6.07) is 0. The molecule has 0 radical (unpaired) electrons. The first-order chi connectivity index (χ1) is 9.96. The van der Waals surface area contributed by atoms with E-state index < -0.39 is 30.6 Å². The van der Waals surface area contributed by atoms with Crippen LogP contribution in [0.25, 0.3) is 0 Å². The molecular formula is C16H34O5. The minimum absolute atomic E-state index is 0.